The SMILES string of the molecule is CCC(C)N(C(=O)C(C)NC(=O)OC(C)(C)C)C(C(=O)NCC(=O)OC)c1ccccc1C. The maximum Gasteiger partial charge on any atom is 0.408 e. The maximum absolute atomic E-state index is 13.6. The summed E-state index contributed by atoms with van der Waals surface area (Å²) in [4.78, 5) is 52.1. The Labute approximate surface area is 196 Å². The number of carbonyl (C=O) groups excluding carboxylic acids is 4. The molecule has 0 radical (unpaired) electrons. The third-order valence-electron chi connectivity index (χ3n) is 5.07. The van der Waals surface area contributed by atoms with Crippen LogP contribution in [0.15, 0.2) is 24.3 Å². The molecular weight excluding hydrogens is 426 g/mol. The number of nitrogens with zero attached hydrogens (tertiary/aromatic N) is 1. The van der Waals surface area contributed by atoms with Crippen molar-refractivity contribution in [2.24, 2.45) is 0 Å². The second kappa shape index (κ2) is 12.2. The van der Waals surface area contributed by atoms with Gasteiger partial charge in [0.15, 0.2) is 0 Å². The third-order valence-corrected chi connectivity index (χ3v) is 5.07. The van der Waals surface area contributed by atoms with E-state index in [0.717, 1.165) is 5.56 Å². The van der Waals surface area contributed by atoms with E-state index in [1.54, 1.807) is 39.8 Å². The average molecular weight is 464 g/mol. The first-order valence-electron chi connectivity index (χ1n) is 11.0. The number of esters is 1. The van der Waals surface area contributed by atoms with Gasteiger partial charge in [0.1, 0.15) is 24.2 Å². The Balaban J connectivity index is 3.35. The highest BCUT2D eigenvalue weighted by atomic mass is 16.6. The van der Waals surface area contributed by atoms with Crippen molar-refractivity contribution in [3.8, 4) is 0 Å². The van der Waals surface area contributed by atoms with Gasteiger partial charge < -0.3 is 25.0 Å². The Morgan fingerprint density at radius 2 is 1.70 bits per heavy atom. The molecule has 0 aliphatic heterocycles. The molecule has 184 valence electrons. The fraction of sp³-hybridized carbons (Fsp3) is 0.583. The summed E-state index contributed by atoms with van der Waals surface area (Å²) in [6.07, 6.45) is -0.160. The highest BCUT2D eigenvalue weighted by Gasteiger charge is 2.37. The molecular formula is C24H37N3O6. The van der Waals surface area contributed by atoms with Gasteiger partial charge in [0.25, 0.3) is 0 Å². The van der Waals surface area contributed by atoms with Crippen molar-refractivity contribution in [3.05, 3.63) is 35.4 Å². The molecule has 0 aromatic heterocycles. The van der Waals surface area contributed by atoms with Crippen LogP contribution in [0.5, 0.6) is 0 Å². The van der Waals surface area contributed by atoms with Crippen LogP contribution < -0.4 is 10.6 Å². The number of alkyl carbamates (subject to hydrolysis) is 1. The molecule has 0 aliphatic rings. The van der Waals surface area contributed by atoms with Crippen LogP contribution in [0.3, 0.4) is 0 Å². The summed E-state index contributed by atoms with van der Waals surface area (Å²) < 4.78 is 9.88. The van der Waals surface area contributed by atoms with Crippen LogP contribution in [0.1, 0.15) is 65.1 Å². The van der Waals surface area contributed by atoms with Gasteiger partial charge in [0.05, 0.1) is 7.11 Å². The minimum absolute atomic E-state index is 0.327. The van der Waals surface area contributed by atoms with Gasteiger partial charge in [-0.05, 0) is 59.1 Å². The lowest BCUT2D eigenvalue weighted by atomic mass is 9.96. The molecule has 0 saturated carbocycles. The molecule has 1 aromatic carbocycles. The van der Waals surface area contributed by atoms with Gasteiger partial charge in [0.2, 0.25) is 11.8 Å². The van der Waals surface area contributed by atoms with Gasteiger partial charge in [-0.25, -0.2) is 4.79 Å². The van der Waals surface area contributed by atoms with E-state index in [-0.39, 0.29) is 12.6 Å². The topological polar surface area (TPSA) is 114 Å². The van der Waals surface area contributed by atoms with E-state index < -0.39 is 41.6 Å². The van der Waals surface area contributed by atoms with Crippen LogP contribution in [0.4, 0.5) is 4.79 Å². The van der Waals surface area contributed by atoms with Crippen LogP contribution >= 0.6 is 0 Å². The minimum Gasteiger partial charge on any atom is -0.468 e. The number of nitrogens with one attached hydrogen (secondary N) is 2. The first-order chi connectivity index (χ1) is 15.3. The molecule has 2 N–H and O–H groups in total. The zero-order chi connectivity index (χ0) is 25.3. The molecule has 0 fully saturated rings. The molecule has 0 spiro atoms. The molecule has 3 atom stereocenters. The summed E-state index contributed by atoms with van der Waals surface area (Å²) in [5.74, 6) is -1.57. The van der Waals surface area contributed by atoms with Crippen LogP contribution in [-0.4, -0.2) is 60.1 Å². The van der Waals surface area contributed by atoms with Gasteiger partial charge in [0, 0.05) is 6.04 Å². The summed E-state index contributed by atoms with van der Waals surface area (Å²) in [5.41, 5.74) is 0.711. The summed E-state index contributed by atoms with van der Waals surface area (Å²) in [5, 5.41) is 5.12. The number of amides is 3. The molecule has 0 bridgehead atoms. The molecule has 3 unspecified atom stereocenters. The van der Waals surface area contributed by atoms with E-state index in [0.29, 0.717) is 12.0 Å². The maximum atomic E-state index is 13.6. The van der Waals surface area contributed by atoms with E-state index in [1.807, 2.05) is 32.9 Å². The first kappa shape index (κ1) is 27.9. The monoisotopic (exact) mass is 463 g/mol. The van der Waals surface area contributed by atoms with Gasteiger partial charge in [-0.3, -0.25) is 14.4 Å². The van der Waals surface area contributed by atoms with Crippen molar-refractivity contribution in [3.63, 3.8) is 0 Å². The summed E-state index contributed by atoms with van der Waals surface area (Å²) in [7, 11) is 1.23. The van der Waals surface area contributed by atoms with Crippen molar-refractivity contribution < 1.29 is 28.7 Å². The van der Waals surface area contributed by atoms with Gasteiger partial charge in [-0.1, -0.05) is 31.2 Å². The quantitative estimate of drug-likeness (QED) is 0.545. The summed E-state index contributed by atoms with van der Waals surface area (Å²) >= 11 is 0. The van der Waals surface area contributed by atoms with Gasteiger partial charge in [-0.2, -0.15) is 0 Å². The number of methoxy groups -OCH3 is 1. The smallest absolute Gasteiger partial charge is 0.408 e. The van der Waals surface area contributed by atoms with E-state index in [9.17, 15) is 19.2 Å². The zero-order valence-electron chi connectivity index (χ0n) is 20.9. The molecule has 0 heterocycles. The zero-order valence-corrected chi connectivity index (χ0v) is 20.9. The van der Waals surface area contributed by atoms with Gasteiger partial charge >= 0.3 is 12.1 Å². The molecule has 33 heavy (non-hydrogen) atoms. The van der Waals surface area contributed by atoms with Crippen LogP contribution in [0.2, 0.25) is 0 Å². The fourth-order valence-corrected chi connectivity index (χ4v) is 3.20. The molecule has 1 rings (SSSR count). The molecule has 3 amide bonds. The fourth-order valence-electron chi connectivity index (χ4n) is 3.20. The molecule has 9 heteroatoms. The highest BCUT2D eigenvalue weighted by Crippen LogP contribution is 2.28. The van der Waals surface area contributed by atoms with Crippen LogP contribution in [-0.2, 0) is 23.9 Å². The Kier molecular flexibility index (Phi) is 10.3. The van der Waals surface area contributed by atoms with Crippen LogP contribution in [0, 0.1) is 6.92 Å². The largest absolute Gasteiger partial charge is 0.468 e. The Bertz CT molecular complexity index is 849. The van der Waals surface area contributed by atoms with Crippen molar-refractivity contribution in [2.45, 2.75) is 78.6 Å². The number of hydrogen-bond donors (Lipinski definition) is 2. The number of rotatable bonds is 9. The second-order valence-corrected chi connectivity index (χ2v) is 8.92. The Morgan fingerprint density at radius 3 is 2.21 bits per heavy atom. The lowest BCUT2D eigenvalue weighted by molar-refractivity contribution is -0.146. The Morgan fingerprint density at radius 1 is 1.09 bits per heavy atom. The predicted molar refractivity (Wildman–Crippen MR) is 124 cm³/mol. The normalized spacial score (nSPS) is 13.8. The standard InChI is InChI=1S/C24H37N3O6/c1-9-16(3)27(22(30)17(4)26-23(31)33-24(5,6)7)20(18-13-11-10-12-15(18)2)21(29)25-14-19(28)32-8/h10-13,16-17,20H,9,14H2,1-8H3,(H,25,29)(H,26,31). The summed E-state index contributed by atoms with van der Waals surface area (Å²) in [6, 6.07) is 4.93. The van der Waals surface area contributed by atoms with E-state index in [1.165, 1.54) is 12.0 Å². The number of ether oxygens (including phenoxy) is 2. The van der Waals surface area contributed by atoms with Crippen molar-refractivity contribution >= 4 is 23.9 Å². The van der Waals surface area contributed by atoms with Crippen LogP contribution in [0.25, 0.3) is 0 Å². The molecule has 1 aromatic rings. The molecule has 0 aliphatic carbocycles. The van der Waals surface area contributed by atoms with Gasteiger partial charge in [-0.15, -0.1) is 0 Å². The first-order valence-corrected chi connectivity index (χ1v) is 11.0. The number of hydrogen-bond acceptors (Lipinski definition) is 6. The Hall–Kier alpha value is -3.10. The van der Waals surface area contributed by atoms with Crippen molar-refractivity contribution in [1.82, 2.24) is 15.5 Å². The second-order valence-electron chi connectivity index (χ2n) is 8.92. The highest BCUT2D eigenvalue weighted by molar-refractivity contribution is 5.93. The van der Waals surface area contributed by atoms with E-state index in [2.05, 4.69) is 15.4 Å². The lowest BCUT2D eigenvalue weighted by Gasteiger charge is -2.38. The average Bonchev–Trinajstić information content (AvgIpc) is 2.73. The number of benzene rings is 1. The number of carbonyl (C=O) groups is 4. The number of aryl methyl sites for hydroxylation is 1. The van der Waals surface area contributed by atoms with Crippen molar-refractivity contribution in [2.75, 3.05) is 13.7 Å². The van der Waals surface area contributed by atoms with E-state index in [4.69, 9.17) is 4.74 Å². The minimum atomic E-state index is -1.01. The third kappa shape index (κ3) is 8.40. The molecule has 0 saturated heterocycles. The lowest BCUT2D eigenvalue weighted by Crippen LogP contribution is -2.55. The van der Waals surface area contributed by atoms with Crippen molar-refractivity contribution in [1.29, 1.82) is 0 Å². The molecule has 9 nitrogen and oxygen atoms in total. The summed E-state index contributed by atoms with van der Waals surface area (Å²) in [6.45, 7) is 12.0. The predicted octanol–water partition coefficient (Wildman–Crippen LogP) is 2.87. The van der Waals surface area contributed by atoms with E-state index >= 15 is 0 Å².